The molecule has 0 radical (unpaired) electrons. The molecule has 2 fully saturated rings. The molecule has 40 heavy (non-hydrogen) atoms. The molecule has 2 N–H and O–H groups in total. The maximum atomic E-state index is 13.4. The second-order valence-electron chi connectivity index (χ2n) is 12.6. The molecule has 8 atom stereocenters. The van der Waals surface area contributed by atoms with Gasteiger partial charge in [-0.2, -0.15) is 0 Å². The number of carbonyl (C=O) groups excluding carboxylic acids is 1. The first-order chi connectivity index (χ1) is 18.7. The monoisotopic (exact) mass is 580 g/mol. The fourth-order valence-corrected chi connectivity index (χ4v) is 7.47. The van der Waals surface area contributed by atoms with Gasteiger partial charge in [-0.25, -0.2) is 8.42 Å². The number of esters is 1. The number of carbonyl (C=O) groups is 1. The quantitative estimate of drug-likeness (QED) is 0.213. The third-order valence-electron chi connectivity index (χ3n) is 8.30. The Kier molecular flexibility index (Phi) is 11.4. The Morgan fingerprint density at radius 1 is 1.15 bits per heavy atom. The van der Waals surface area contributed by atoms with Crippen molar-refractivity contribution in [3.63, 3.8) is 0 Å². The molecule has 0 bridgehead atoms. The number of ether oxygens (including phenoxy) is 3. The van der Waals surface area contributed by atoms with Crippen LogP contribution in [0.4, 0.5) is 0 Å². The van der Waals surface area contributed by atoms with Crippen LogP contribution in [0.3, 0.4) is 0 Å². The summed E-state index contributed by atoms with van der Waals surface area (Å²) in [5, 5.41) is 19.5. The minimum atomic E-state index is -3.57. The summed E-state index contributed by atoms with van der Waals surface area (Å²) in [7, 11) is -3.57. The standard InChI is InChI=1S/C31H48O8S/c1-20-15-24(11-10-14-37-30(34)31(4,5)6)38-28(21(20)2)17-29-26(22(3)27(39-29)16-23(33)18-32)19-40(35,36)25-12-8-7-9-13-25/h7-9,12-13,20,22-24,26-29,32-33H,2,10-11,14-19H2,1,3-6H3/t20-,22-,23+,24+,26-,27-,28?,29+/m1/s1. The molecular formula is C31H48O8S. The van der Waals surface area contributed by atoms with Gasteiger partial charge in [-0.05, 0) is 69.6 Å². The summed E-state index contributed by atoms with van der Waals surface area (Å²) in [6.07, 6.45) is 0.882. The number of hydrogen-bond acceptors (Lipinski definition) is 8. The maximum Gasteiger partial charge on any atom is 0.311 e. The van der Waals surface area contributed by atoms with E-state index in [0.717, 1.165) is 18.4 Å². The normalized spacial score (nSPS) is 30.3. The highest BCUT2D eigenvalue weighted by Gasteiger charge is 2.46. The van der Waals surface area contributed by atoms with Gasteiger partial charge in [0, 0.05) is 18.8 Å². The highest BCUT2D eigenvalue weighted by Crippen LogP contribution is 2.42. The Bertz CT molecular complexity index is 1080. The first-order valence-electron chi connectivity index (χ1n) is 14.5. The lowest BCUT2D eigenvalue weighted by molar-refractivity contribution is -0.153. The number of hydrogen-bond donors (Lipinski definition) is 2. The number of aliphatic hydroxyl groups excluding tert-OH is 2. The Hall–Kier alpha value is -1.78. The first-order valence-corrected chi connectivity index (χ1v) is 16.1. The van der Waals surface area contributed by atoms with Crippen molar-refractivity contribution in [1.82, 2.24) is 0 Å². The number of sulfone groups is 1. The second-order valence-corrected chi connectivity index (χ2v) is 14.7. The van der Waals surface area contributed by atoms with E-state index in [1.165, 1.54) is 0 Å². The topological polar surface area (TPSA) is 119 Å². The van der Waals surface area contributed by atoms with Crippen molar-refractivity contribution < 1.29 is 37.6 Å². The summed E-state index contributed by atoms with van der Waals surface area (Å²) < 4.78 is 45.0. The Balaban J connectivity index is 1.70. The predicted molar refractivity (Wildman–Crippen MR) is 153 cm³/mol. The van der Waals surface area contributed by atoms with Crippen LogP contribution in [-0.2, 0) is 28.8 Å². The van der Waals surface area contributed by atoms with Gasteiger partial charge in [0.15, 0.2) is 9.84 Å². The van der Waals surface area contributed by atoms with Crippen LogP contribution >= 0.6 is 0 Å². The molecule has 0 aliphatic carbocycles. The maximum absolute atomic E-state index is 13.4. The van der Waals surface area contributed by atoms with Crippen molar-refractivity contribution in [1.29, 1.82) is 0 Å². The second kappa shape index (κ2) is 13.9. The molecule has 1 aromatic rings. The smallest absolute Gasteiger partial charge is 0.311 e. The van der Waals surface area contributed by atoms with E-state index in [9.17, 15) is 23.4 Å². The third kappa shape index (κ3) is 8.61. The van der Waals surface area contributed by atoms with Crippen LogP contribution < -0.4 is 0 Å². The number of aliphatic hydroxyl groups is 2. The van der Waals surface area contributed by atoms with Crippen LogP contribution in [0.1, 0.15) is 66.7 Å². The van der Waals surface area contributed by atoms with Crippen molar-refractivity contribution >= 4 is 15.8 Å². The van der Waals surface area contributed by atoms with Crippen LogP contribution in [0.5, 0.6) is 0 Å². The average molecular weight is 581 g/mol. The van der Waals surface area contributed by atoms with Crippen molar-refractivity contribution in [2.24, 2.45) is 23.2 Å². The van der Waals surface area contributed by atoms with Gasteiger partial charge in [-0.1, -0.05) is 38.6 Å². The zero-order chi connectivity index (χ0) is 29.7. The van der Waals surface area contributed by atoms with E-state index >= 15 is 0 Å². The van der Waals surface area contributed by atoms with E-state index in [-0.39, 0.29) is 65.7 Å². The summed E-state index contributed by atoms with van der Waals surface area (Å²) in [5.74, 6) is -0.539. The lowest BCUT2D eigenvalue weighted by Gasteiger charge is -2.38. The van der Waals surface area contributed by atoms with Gasteiger partial charge in [0.1, 0.15) is 0 Å². The van der Waals surface area contributed by atoms with E-state index < -0.39 is 27.5 Å². The van der Waals surface area contributed by atoms with Crippen LogP contribution in [0, 0.1) is 23.2 Å². The summed E-state index contributed by atoms with van der Waals surface area (Å²) in [4.78, 5) is 12.3. The molecule has 2 saturated heterocycles. The summed E-state index contributed by atoms with van der Waals surface area (Å²) in [5.41, 5.74) is 0.433. The van der Waals surface area contributed by atoms with Crippen LogP contribution in [0.2, 0.25) is 0 Å². The molecule has 0 spiro atoms. The van der Waals surface area contributed by atoms with Crippen molar-refractivity contribution in [3.8, 4) is 0 Å². The molecule has 2 aliphatic heterocycles. The molecule has 1 unspecified atom stereocenters. The summed E-state index contributed by atoms with van der Waals surface area (Å²) >= 11 is 0. The van der Waals surface area contributed by atoms with E-state index in [2.05, 4.69) is 13.5 Å². The molecule has 226 valence electrons. The fourth-order valence-electron chi connectivity index (χ4n) is 5.68. The van der Waals surface area contributed by atoms with Crippen LogP contribution in [0.15, 0.2) is 47.4 Å². The van der Waals surface area contributed by atoms with Gasteiger partial charge >= 0.3 is 5.97 Å². The minimum absolute atomic E-state index is 0.0313. The first kappa shape index (κ1) is 32.7. The molecule has 1 aromatic carbocycles. The van der Waals surface area contributed by atoms with E-state index in [1.54, 1.807) is 30.3 Å². The zero-order valence-corrected chi connectivity index (χ0v) is 25.4. The van der Waals surface area contributed by atoms with Gasteiger partial charge in [0.2, 0.25) is 0 Å². The SMILES string of the molecule is C=C1C(C[C@@H]2O[C@H](C[C@H](O)CO)[C@H](C)[C@H]2CS(=O)(=O)c2ccccc2)O[C@@H](CCCOC(=O)C(C)(C)C)C[C@H]1C. The largest absolute Gasteiger partial charge is 0.465 e. The third-order valence-corrected chi connectivity index (χ3v) is 10.1. The molecule has 0 saturated carbocycles. The predicted octanol–water partition coefficient (Wildman–Crippen LogP) is 4.33. The molecule has 9 heteroatoms. The molecule has 0 aromatic heterocycles. The Morgan fingerprint density at radius 3 is 2.45 bits per heavy atom. The molecule has 2 aliphatic rings. The number of benzene rings is 1. The molecule has 2 heterocycles. The van der Waals surface area contributed by atoms with Gasteiger partial charge in [-0.15, -0.1) is 0 Å². The molecular weight excluding hydrogens is 532 g/mol. The van der Waals surface area contributed by atoms with Gasteiger partial charge in [0.25, 0.3) is 0 Å². The lowest BCUT2D eigenvalue weighted by Crippen LogP contribution is -2.38. The van der Waals surface area contributed by atoms with Crippen LogP contribution in [0.25, 0.3) is 0 Å². The molecule has 8 nitrogen and oxygen atoms in total. The van der Waals surface area contributed by atoms with Gasteiger partial charge < -0.3 is 24.4 Å². The average Bonchev–Trinajstić information content (AvgIpc) is 3.17. The van der Waals surface area contributed by atoms with Crippen LogP contribution in [-0.4, -0.2) is 74.1 Å². The van der Waals surface area contributed by atoms with Gasteiger partial charge in [-0.3, -0.25) is 4.79 Å². The zero-order valence-electron chi connectivity index (χ0n) is 24.6. The number of rotatable bonds is 12. The lowest BCUT2D eigenvalue weighted by atomic mass is 9.82. The Morgan fingerprint density at radius 2 is 1.82 bits per heavy atom. The molecule has 3 rings (SSSR count). The highest BCUT2D eigenvalue weighted by molar-refractivity contribution is 7.91. The highest BCUT2D eigenvalue weighted by atomic mass is 32.2. The summed E-state index contributed by atoms with van der Waals surface area (Å²) in [6.45, 7) is 13.8. The Labute approximate surface area is 240 Å². The molecule has 0 amide bonds. The van der Waals surface area contributed by atoms with Crippen molar-refractivity contribution in [2.75, 3.05) is 19.0 Å². The van der Waals surface area contributed by atoms with E-state index in [1.807, 2.05) is 27.7 Å². The summed E-state index contributed by atoms with van der Waals surface area (Å²) in [6, 6.07) is 8.42. The minimum Gasteiger partial charge on any atom is -0.465 e. The van der Waals surface area contributed by atoms with Crippen molar-refractivity contribution in [3.05, 3.63) is 42.5 Å². The van der Waals surface area contributed by atoms with E-state index in [0.29, 0.717) is 19.4 Å². The fraction of sp³-hybridized carbons (Fsp3) is 0.710. The van der Waals surface area contributed by atoms with E-state index in [4.69, 9.17) is 14.2 Å². The van der Waals surface area contributed by atoms with Gasteiger partial charge in [0.05, 0.1) is 59.8 Å². The van der Waals surface area contributed by atoms with Crippen molar-refractivity contribution in [2.45, 2.75) is 102 Å².